The smallest absolute Gasteiger partial charge is 0.238 e. The van der Waals surface area contributed by atoms with Crippen molar-refractivity contribution in [2.75, 3.05) is 25.0 Å². The second kappa shape index (κ2) is 6.17. The minimum atomic E-state index is -0.226. The second-order valence-corrected chi connectivity index (χ2v) is 5.49. The third kappa shape index (κ3) is 4.04. The van der Waals surface area contributed by atoms with Crippen molar-refractivity contribution in [2.45, 2.75) is 26.4 Å². The summed E-state index contributed by atoms with van der Waals surface area (Å²) in [7, 11) is 0. The quantitative estimate of drug-likeness (QED) is 0.870. The molecule has 0 bridgehead atoms. The highest BCUT2D eigenvalue weighted by Crippen LogP contribution is 2.16. The molecule has 0 spiro atoms. The maximum absolute atomic E-state index is 12.0. The predicted molar refractivity (Wildman–Crippen MR) is 76.0 cm³/mol. The van der Waals surface area contributed by atoms with Crippen molar-refractivity contribution in [2.24, 2.45) is 5.92 Å². The van der Waals surface area contributed by atoms with E-state index < -0.39 is 0 Å². The third-order valence-corrected chi connectivity index (χ3v) is 3.61. The first-order chi connectivity index (χ1) is 9.04. The van der Waals surface area contributed by atoms with Gasteiger partial charge in [0.1, 0.15) is 0 Å². The van der Waals surface area contributed by atoms with Crippen LogP contribution < -0.4 is 5.32 Å². The summed E-state index contributed by atoms with van der Waals surface area (Å²) in [6, 6.07) is 7.79. The summed E-state index contributed by atoms with van der Waals surface area (Å²) in [6.45, 7) is 5.98. The number of likely N-dealkylation sites (tertiary alicyclic amines) is 1. The molecule has 1 saturated heterocycles. The predicted octanol–water partition coefficient (Wildman–Crippen LogP) is 1.64. The maximum Gasteiger partial charge on any atom is 0.238 e. The fraction of sp³-hybridized carbons (Fsp3) is 0.533. The number of rotatable bonds is 3. The molecule has 1 aromatic carbocycles. The summed E-state index contributed by atoms with van der Waals surface area (Å²) >= 11 is 0. The lowest BCUT2D eigenvalue weighted by Crippen LogP contribution is -2.45. The van der Waals surface area contributed by atoms with Crippen molar-refractivity contribution in [3.8, 4) is 0 Å². The number of benzene rings is 1. The van der Waals surface area contributed by atoms with E-state index in [2.05, 4.69) is 10.2 Å². The lowest BCUT2D eigenvalue weighted by atomic mass is 9.97. The highest BCUT2D eigenvalue weighted by molar-refractivity contribution is 5.92. The Morgan fingerprint density at radius 2 is 2.32 bits per heavy atom. The van der Waals surface area contributed by atoms with Crippen LogP contribution in [0.3, 0.4) is 0 Å². The second-order valence-electron chi connectivity index (χ2n) is 5.49. The Labute approximate surface area is 114 Å². The van der Waals surface area contributed by atoms with Crippen LogP contribution in [0.25, 0.3) is 0 Å². The lowest BCUT2D eigenvalue weighted by molar-refractivity contribution is -0.118. The maximum atomic E-state index is 12.0. The number of anilines is 1. The molecular weight excluding hydrogens is 240 g/mol. The zero-order chi connectivity index (χ0) is 13.8. The van der Waals surface area contributed by atoms with Crippen LogP contribution in [-0.2, 0) is 4.79 Å². The van der Waals surface area contributed by atoms with Crippen LogP contribution in [0.15, 0.2) is 24.3 Å². The van der Waals surface area contributed by atoms with E-state index in [-0.39, 0.29) is 17.9 Å². The highest BCUT2D eigenvalue weighted by atomic mass is 16.3. The number of carbonyl (C=O) groups is 1. The van der Waals surface area contributed by atoms with Crippen LogP contribution in [0.5, 0.6) is 0 Å². The molecule has 0 aromatic heterocycles. The fourth-order valence-corrected chi connectivity index (χ4v) is 2.49. The van der Waals surface area contributed by atoms with Crippen LogP contribution >= 0.6 is 0 Å². The van der Waals surface area contributed by atoms with Gasteiger partial charge in [0.05, 0.1) is 12.6 Å². The number of hydrogen-bond acceptors (Lipinski definition) is 3. The average molecular weight is 262 g/mol. The van der Waals surface area contributed by atoms with Gasteiger partial charge < -0.3 is 10.4 Å². The summed E-state index contributed by atoms with van der Waals surface area (Å²) in [6.07, 6.45) is 0.523. The van der Waals surface area contributed by atoms with E-state index in [4.69, 9.17) is 0 Å². The topological polar surface area (TPSA) is 52.6 Å². The van der Waals surface area contributed by atoms with E-state index in [1.54, 1.807) is 0 Å². The van der Waals surface area contributed by atoms with Gasteiger partial charge in [0.2, 0.25) is 5.91 Å². The minimum Gasteiger partial charge on any atom is -0.393 e. The van der Waals surface area contributed by atoms with Crippen LogP contribution in [0.2, 0.25) is 0 Å². The molecular formula is C15H22N2O2. The zero-order valence-electron chi connectivity index (χ0n) is 11.6. The van der Waals surface area contributed by atoms with E-state index in [0.717, 1.165) is 30.8 Å². The van der Waals surface area contributed by atoms with Gasteiger partial charge in [0.15, 0.2) is 0 Å². The number of carbonyl (C=O) groups excluding carboxylic acids is 1. The number of nitrogens with one attached hydrogen (secondary N) is 1. The van der Waals surface area contributed by atoms with Gasteiger partial charge in [-0.15, -0.1) is 0 Å². The largest absolute Gasteiger partial charge is 0.393 e. The van der Waals surface area contributed by atoms with Crippen molar-refractivity contribution >= 4 is 11.6 Å². The molecule has 4 nitrogen and oxygen atoms in total. The average Bonchev–Trinajstić information content (AvgIpc) is 2.34. The zero-order valence-corrected chi connectivity index (χ0v) is 11.6. The summed E-state index contributed by atoms with van der Waals surface area (Å²) in [5, 5.41) is 12.6. The number of aryl methyl sites for hydroxylation is 1. The van der Waals surface area contributed by atoms with E-state index in [1.165, 1.54) is 0 Å². The first kappa shape index (κ1) is 14.0. The Bertz CT molecular complexity index is 448. The fourth-order valence-electron chi connectivity index (χ4n) is 2.49. The van der Waals surface area contributed by atoms with Crippen LogP contribution in [0.1, 0.15) is 18.9 Å². The van der Waals surface area contributed by atoms with Crippen LogP contribution in [0.4, 0.5) is 5.69 Å². The molecule has 1 heterocycles. The normalized spacial score (nSPS) is 24.2. The first-order valence-electron chi connectivity index (χ1n) is 6.81. The van der Waals surface area contributed by atoms with Crippen molar-refractivity contribution in [1.29, 1.82) is 0 Å². The molecule has 104 valence electrons. The number of aliphatic hydroxyl groups excluding tert-OH is 1. The van der Waals surface area contributed by atoms with Gasteiger partial charge in [-0.2, -0.15) is 0 Å². The minimum absolute atomic E-state index is 0.00851. The molecule has 1 aromatic rings. The molecule has 0 radical (unpaired) electrons. The van der Waals surface area contributed by atoms with E-state index >= 15 is 0 Å². The van der Waals surface area contributed by atoms with Gasteiger partial charge in [0, 0.05) is 18.8 Å². The lowest BCUT2D eigenvalue weighted by Gasteiger charge is -2.33. The summed E-state index contributed by atoms with van der Waals surface area (Å²) < 4.78 is 0. The molecule has 2 unspecified atom stereocenters. The van der Waals surface area contributed by atoms with Crippen LogP contribution in [-0.4, -0.2) is 41.7 Å². The van der Waals surface area contributed by atoms with Crippen molar-refractivity contribution in [3.63, 3.8) is 0 Å². The SMILES string of the molecule is Cc1cccc(NC(=O)CN2CCC(O)C(C)C2)c1. The van der Waals surface area contributed by atoms with Gasteiger partial charge in [0.25, 0.3) is 0 Å². The number of nitrogens with zero attached hydrogens (tertiary/aromatic N) is 1. The summed E-state index contributed by atoms with van der Waals surface area (Å²) in [5.41, 5.74) is 1.97. The van der Waals surface area contributed by atoms with Gasteiger partial charge in [-0.3, -0.25) is 9.69 Å². The monoisotopic (exact) mass is 262 g/mol. The Hall–Kier alpha value is -1.39. The Kier molecular flexibility index (Phi) is 4.56. The number of piperidine rings is 1. The molecule has 1 aliphatic rings. The van der Waals surface area contributed by atoms with Gasteiger partial charge in [-0.05, 0) is 37.0 Å². The Morgan fingerprint density at radius 1 is 1.53 bits per heavy atom. The van der Waals surface area contributed by atoms with E-state index in [1.807, 2.05) is 38.1 Å². The van der Waals surface area contributed by atoms with Crippen molar-refractivity contribution in [3.05, 3.63) is 29.8 Å². The molecule has 2 atom stereocenters. The molecule has 0 aliphatic carbocycles. The molecule has 2 rings (SSSR count). The van der Waals surface area contributed by atoms with Crippen molar-refractivity contribution in [1.82, 2.24) is 4.90 Å². The molecule has 19 heavy (non-hydrogen) atoms. The molecule has 0 saturated carbocycles. The van der Waals surface area contributed by atoms with Gasteiger partial charge >= 0.3 is 0 Å². The Balaban J connectivity index is 1.85. The summed E-state index contributed by atoms with van der Waals surface area (Å²) in [5.74, 6) is 0.245. The Morgan fingerprint density at radius 3 is 3.00 bits per heavy atom. The molecule has 2 N–H and O–H groups in total. The number of amides is 1. The van der Waals surface area contributed by atoms with Crippen molar-refractivity contribution < 1.29 is 9.90 Å². The molecule has 4 heteroatoms. The van der Waals surface area contributed by atoms with Crippen LogP contribution in [0, 0.1) is 12.8 Å². The molecule has 1 aliphatic heterocycles. The standard InChI is InChI=1S/C15H22N2O2/c1-11-4-3-5-13(8-11)16-15(19)10-17-7-6-14(18)12(2)9-17/h3-5,8,12,14,18H,6-7,9-10H2,1-2H3,(H,16,19). The summed E-state index contributed by atoms with van der Waals surface area (Å²) in [4.78, 5) is 14.1. The first-order valence-corrected chi connectivity index (χ1v) is 6.81. The highest BCUT2D eigenvalue weighted by Gasteiger charge is 2.25. The van der Waals surface area contributed by atoms with Gasteiger partial charge in [-0.1, -0.05) is 19.1 Å². The molecule has 1 fully saturated rings. The molecule has 1 amide bonds. The number of hydrogen-bond donors (Lipinski definition) is 2. The number of aliphatic hydroxyl groups is 1. The van der Waals surface area contributed by atoms with E-state index in [0.29, 0.717) is 6.54 Å². The van der Waals surface area contributed by atoms with E-state index in [9.17, 15) is 9.90 Å². The van der Waals surface area contributed by atoms with Gasteiger partial charge in [-0.25, -0.2) is 0 Å². The third-order valence-electron chi connectivity index (χ3n) is 3.61.